The van der Waals surface area contributed by atoms with Crippen LogP contribution in [0.4, 0.5) is 0 Å². The average molecular weight is 448 g/mol. The van der Waals surface area contributed by atoms with E-state index >= 15 is 0 Å². The summed E-state index contributed by atoms with van der Waals surface area (Å²) in [7, 11) is 1.53. The number of amides is 2. The number of benzene rings is 2. The summed E-state index contributed by atoms with van der Waals surface area (Å²) in [5, 5.41) is 3.92. The number of methoxy groups -OCH3 is 1. The predicted octanol–water partition coefficient (Wildman–Crippen LogP) is 5.09. The van der Waals surface area contributed by atoms with Gasteiger partial charge in [0.05, 0.1) is 12.7 Å². The number of aromatic nitrogens is 1. The Bertz CT molecular complexity index is 1140. The van der Waals surface area contributed by atoms with Crippen LogP contribution in [0.3, 0.4) is 0 Å². The van der Waals surface area contributed by atoms with E-state index in [0.717, 1.165) is 35.9 Å². The molecular formula is C27H33N3O3. The number of hydrogen-bond donors (Lipinski definition) is 1. The molecular weight excluding hydrogens is 414 g/mol. The highest BCUT2D eigenvalue weighted by Crippen LogP contribution is 2.24. The van der Waals surface area contributed by atoms with Crippen LogP contribution in [0.15, 0.2) is 60.4 Å². The van der Waals surface area contributed by atoms with E-state index < -0.39 is 0 Å². The number of nitrogens with one attached hydrogen (secondary N) is 1. The molecule has 6 nitrogen and oxygen atoms in total. The van der Waals surface area contributed by atoms with Gasteiger partial charge in [0.15, 0.2) is 0 Å². The molecule has 0 aliphatic rings. The summed E-state index contributed by atoms with van der Waals surface area (Å²) in [5.74, 6) is -0.0992. The van der Waals surface area contributed by atoms with Crippen LogP contribution in [0.5, 0.6) is 5.75 Å². The molecule has 0 saturated carbocycles. The van der Waals surface area contributed by atoms with Gasteiger partial charge in [-0.25, -0.2) is 0 Å². The summed E-state index contributed by atoms with van der Waals surface area (Å²) in [5.41, 5.74) is 2.62. The Kier molecular flexibility index (Phi) is 8.30. The first-order chi connectivity index (χ1) is 16.0. The van der Waals surface area contributed by atoms with Gasteiger partial charge in [0.1, 0.15) is 11.4 Å². The van der Waals surface area contributed by atoms with Gasteiger partial charge in [-0.1, -0.05) is 44.2 Å². The molecule has 0 fully saturated rings. The summed E-state index contributed by atoms with van der Waals surface area (Å²) in [4.78, 5) is 28.6. The first-order valence-electron chi connectivity index (χ1n) is 11.6. The van der Waals surface area contributed by atoms with Gasteiger partial charge in [0.2, 0.25) is 0 Å². The van der Waals surface area contributed by atoms with Gasteiger partial charge in [-0.15, -0.1) is 0 Å². The monoisotopic (exact) mass is 447 g/mol. The third-order valence-electron chi connectivity index (χ3n) is 5.56. The summed E-state index contributed by atoms with van der Waals surface area (Å²) >= 11 is 0. The molecule has 0 spiro atoms. The second-order valence-corrected chi connectivity index (χ2v) is 7.89. The molecule has 1 aromatic heterocycles. The van der Waals surface area contributed by atoms with Crippen molar-refractivity contribution in [1.82, 2.24) is 14.8 Å². The Morgan fingerprint density at radius 1 is 1.00 bits per heavy atom. The Balaban J connectivity index is 2.07. The lowest BCUT2D eigenvalue weighted by molar-refractivity contribution is -0.127. The van der Waals surface area contributed by atoms with Crippen LogP contribution in [-0.2, 0) is 11.3 Å². The molecule has 33 heavy (non-hydrogen) atoms. The maximum atomic E-state index is 13.6. The third kappa shape index (κ3) is 5.45. The number of nitrogens with zero attached hydrogens (tertiary/aromatic N) is 2. The van der Waals surface area contributed by atoms with Crippen molar-refractivity contribution in [1.29, 1.82) is 0 Å². The first kappa shape index (κ1) is 24.1. The van der Waals surface area contributed by atoms with Crippen molar-refractivity contribution in [2.45, 2.75) is 40.2 Å². The zero-order valence-electron chi connectivity index (χ0n) is 19.9. The molecule has 0 aliphatic carbocycles. The molecule has 3 rings (SSSR count). The number of ether oxygens (including phenoxy) is 1. The molecule has 0 bridgehead atoms. The van der Waals surface area contributed by atoms with Crippen LogP contribution < -0.4 is 10.1 Å². The van der Waals surface area contributed by atoms with E-state index in [1.54, 1.807) is 35.2 Å². The van der Waals surface area contributed by atoms with E-state index in [4.69, 9.17) is 4.74 Å². The number of carbonyl (C=O) groups excluding carboxylic acids is 2. The van der Waals surface area contributed by atoms with Crippen molar-refractivity contribution in [3.8, 4) is 5.75 Å². The van der Waals surface area contributed by atoms with Crippen LogP contribution >= 0.6 is 0 Å². The average Bonchev–Trinajstić information content (AvgIpc) is 3.20. The fourth-order valence-corrected chi connectivity index (χ4v) is 4.01. The number of aryl methyl sites for hydroxylation is 1. The second-order valence-electron chi connectivity index (χ2n) is 7.89. The number of hydrogen-bond acceptors (Lipinski definition) is 3. The molecule has 174 valence electrons. The quantitative estimate of drug-likeness (QED) is 0.440. The van der Waals surface area contributed by atoms with Gasteiger partial charge >= 0.3 is 0 Å². The van der Waals surface area contributed by atoms with Crippen LogP contribution in [0.25, 0.3) is 17.0 Å². The second kappa shape index (κ2) is 11.4. The van der Waals surface area contributed by atoms with E-state index in [0.29, 0.717) is 24.4 Å². The first-order valence-corrected chi connectivity index (χ1v) is 11.6. The standard InChI is InChI=1S/C27H33N3O3/c1-5-16-30(17-6-2)27(32)23(28-26(31)22-13-9-11-15-25(22)33-4)18-20-19-29(7-3)24-14-10-8-12-21(20)24/h8-15,18-19H,5-7,16-17H2,1-4H3,(H,28,31)/b23-18-. The number of fused-ring (bicyclic) bond motifs is 1. The predicted molar refractivity (Wildman–Crippen MR) is 133 cm³/mol. The van der Waals surface area contributed by atoms with Crippen molar-refractivity contribution < 1.29 is 14.3 Å². The molecule has 1 N–H and O–H groups in total. The van der Waals surface area contributed by atoms with Crippen LogP contribution in [0, 0.1) is 0 Å². The highest BCUT2D eigenvalue weighted by atomic mass is 16.5. The van der Waals surface area contributed by atoms with E-state index in [2.05, 4.69) is 22.9 Å². The number of carbonyl (C=O) groups is 2. The van der Waals surface area contributed by atoms with Crippen molar-refractivity contribution in [3.63, 3.8) is 0 Å². The van der Waals surface area contributed by atoms with Gasteiger partial charge in [0, 0.05) is 42.3 Å². The van der Waals surface area contributed by atoms with Crippen LogP contribution in [0.1, 0.15) is 49.5 Å². The number of rotatable bonds is 10. The Morgan fingerprint density at radius 2 is 1.67 bits per heavy atom. The highest BCUT2D eigenvalue weighted by molar-refractivity contribution is 6.07. The molecule has 6 heteroatoms. The molecule has 0 radical (unpaired) electrons. The summed E-state index contributed by atoms with van der Waals surface area (Å²) in [6.07, 6.45) is 5.50. The Labute approximate surface area is 195 Å². The minimum absolute atomic E-state index is 0.185. The summed E-state index contributed by atoms with van der Waals surface area (Å²) in [6.45, 7) is 8.24. The molecule has 0 aliphatic heterocycles. The minimum Gasteiger partial charge on any atom is -0.496 e. The van der Waals surface area contributed by atoms with Gasteiger partial charge in [0.25, 0.3) is 11.8 Å². The smallest absolute Gasteiger partial charge is 0.270 e. The van der Waals surface area contributed by atoms with E-state index in [-0.39, 0.29) is 17.5 Å². The van der Waals surface area contributed by atoms with Crippen molar-refractivity contribution in [3.05, 3.63) is 71.6 Å². The van der Waals surface area contributed by atoms with Gasteiger partial charge < -0.3 is 19.5 Å². The number of para-hydroxylation sites is 2. The zero-order valence-corrected chi connectivity index (χ0v) is 19.9. The van der Waals surface area contributed by atoms with Gasteiger partial charge in [-0.2, -0.15) is 0 Å². The lowest BCUT2D eigenvalue weighted by atomic mass is 10.1. The highest BCUT2D eigenvalue weighted by Gasteiger charge is 2.22. The van der Waals surface area contributed by atoms with Gasteiger partial charge in [-0.3, -0.25) is 9.59 Å². The van der Waals surface area contributed by atoms with E-state index in [1.807, 2.05) is 38.2 Å². The molecule has 0 unspecified atom stereocenters. The van der Waals surface area contributed by atoms with Crippen molar-refractivity contribution in [2.24, 2.45) is 0 Å². The fraction of sp³-hybridized carbons (Fsp3) is 0.333. The maximum Gasteiger partial charge on any atom is 0.270 e. The molecule has 3 aromatic rings. The zero-order chi connectivity index (χ0) is 23.8. The van der Waals surface area contributed by atoms with Crippen molar-refractivity contribution >= 4 is 28.8 Å². The van der Waals surface area contributed by atoms with E-state index in [1.165, 1.54) is 7.11 Å². The fourth-order valence-electron chi connectivity index (χ4n) is 4.01. The SMILES string of the molecule is CCCN(CCC)C(=O)/C(=C/c1cn(CC)c2ccccc12)NC(=O)c1ccccc1OC. The Morgan fingerprint density at radius 3 is 2.33 bits per heavy atom. The van der Waals surface area contributed by atoms with Gasteiger partial charge in [-0.05, 0) is 44.0 Å². The van der Waals surface area contributed by atoms with Crippen LogP contribution in [-0.4, -0.2) is 41.5 Å². The topological polar surface area (TPSA) is 63.6 Å². The molecule has 0 atom stereocenters. The molecule has 1 heterocycles. The van der Waals surface area contributed by atoms with Crippen LogP contribution in [0.2, 0.25) is 0 Å². The van der Waals surface area contributed by atoms with E-state index in [9.17, 15) is 9.59 Å². The normalized spacial score (nSPS) is 11.5. The lowest BCUT2D eigenvalue weighted by Gasteiger charge is -2.23. The largest absolute Gasteiger partial charge is 0.496 e. The third-order valence-corrected chi connectivity index (χ3v) is 5.56. The molecule has 0 saturated heterocycles. The minimum atomic E-state index is -0.376. The summed E-state index contributed by atoms with van der Waals surface area (Å²) < 4.78 is 7.49. The molecule has 2 aromatic carbocycles. The molecule has 2 amide bonds. The maximum absolute atomic E-state index is 13.6. The Hall–Kier alpha value is -3.54. The lowest BCUT2D eigenvalue weighted by Crippen LogP contribution is -2.39. The van der Waals surface area contributed by atoms with Crippen molar-refractivity contribution in [2.75, 3.05) is 20.2 Å². The summed E-state index contributed by atoms with van der Waals surface area (Å²) in [6, 6.07) is 15.1.